The van der Waals surface area contributed by atoms with Crippen molar-refractivity contribution < 1.29 is 8.42 Å². The van der Waals surface area contributed by atoms with Crippen molar-refractivity contribution in [1.82, 2.24) is 4.31 Å². The number of nitrogens with zero attached hydrogens (tertiary/aromatic N) is 1. The van der Waals surface area contributed by atoms with Crippen LogP contribution in [0, 0.1) is 13.8 Å². The summed E-state index contributed by atoms with van der Waals surface area (Å²) in [6.45, 7) is 4.20. The topological polar surface area (TPSA) is 37.4 Å². The van der Waals surface area contributed by atoms with Crippen LogP contribution in [0.3, 0.4) is 0 Å². The minimum absolute atomic E-state index is 0.129. The van der Waals surface area contributed by atoms with Crippen molar-refractivity contribution in [3.63, 3.8) is 0 Å². The maximum absolute atomic E-state index is 12.8. The van der Waals surface area contributed by atoms with Crippen LogP contribution in [0.5, 0.6) is 0 Å². The number of hydrogen-bond acceptors (Lipinski definition) is 2. The van der Waals surface area contributed by atoms with Gasteiger partial charge in [0.05, 0.1) is 4.90 Å². The van der Waals surface area contributed by atoms with Crippen LogP contribution >= 0.6 is 11.6 Å². The Labute approximate surface area is 120 Å². The monoisotopic (exact) mass is 301 g/mol. The first-order valence-corrected chi connectivity index (χ1v) is 8.59. The quantitative estimate of drug-likeness (QED) is 0.784. The third kappa shape index (κ3) is 2.96. The Morgan fingerprint density at radius 1 is 1.32 bits per heavy atom. The van der Waals surface area contributed by atoms with Crippen LogP contribution < -0.4 is 0 Å². The van der Waals surface area contributed by atoms with Gasteiger partial charge in [-0.2, -0.15) is 4.31 Å². The Morgan fingerprint density at radius 3 is 2.47 bits per heavy atom. The maximum atomic E-state index is 12.8. The van der Waals surface area contributed by atoms with Gasteiger partial charge in [-0.25, -0.2) is 8.42 Å². The lowest BCUT2D eigenvalue weighted by Crippen LogP contribution is -2.45. The summed E-state index contributed by atoms with van der Waals surface area (Å²) >= 11 is 5.77. The molecule has 1 aliphatic rings. The van der Waals surface area contributed by atoms with Crippen LogP contribution in [0.2, 0.25) is 0 Å². The number of aryl methyl sites for hydroxylation is 2. The highest BCUT2D eigenvalue weighted by atomic mass is 35.5. The molecule has 3 nitrogen and oxygen atoms in total. The molecule has 2 rings (SSSR count). The van der Waals surface area contributed by atoms with Crippen molar-refractivity contribution in [2.45, 2.75) is 44.0 Å². The Kier molecular flexibility index (Phi) is 4.54. The molecule has 0 saturated heterocycles. The molecule has 1 aromatic rings. The second-order valence-corrected chi connectivity index (χ2v) is 7.40. The second kappa shape index (κ2) is 5.81. The number of benzene rings is 1. The molecule has 0 aromatic heterocycles. The third-order valence-corrected chi connectivity index (χ3v) is 5.99. The van der Waals surface area contributed by atoms with E-state index in [-0.39, 0.29) is 6.04 Å². The summed E-state index contributed by atoms with van der Waals surface area (Å²) in [5.41, 5.74) is 1.88. The molecule has 0 radical (unpaired) electrons. The SMILES string of the molecule is Cc1ccc(S(=O)(=O)N(CCCl)C2CCC2)c(C)c1. The largest absolute Gasteiger partial charge is 0.243 e. The predicted octanol–water partition coefficient (Wildman–Crippen LogP) is 3.09. The number of alkyl halides is 1. The molecule has 0 amide bonds. The summed E-state index contributed by atoms with van der Waals surface area (Å²) in [6, 6.07) is 5.59. The Balaban J connectivity index is 2.38. The van der Waals surface area contributed by atoms with Gasteiger partial charge >= 0.3 is 0 Å². The summed E-state index contributed by atoms with van der Waals surface area (Å²) in [5.74, 6) is 0.334. The lowest BCUT2D eigenvalue weighted by Gasteiger charge is -2.36. The molecule has 5 heteroatoms. The predicted molar refractivity (Wildman–Crippen MR) is 78.2 cm³/mol. The average Bonchev–Trinajstić information content (AvgIpc) is 2.25. The maximum Gasteiger partial charge on any atom is 0.243 e. The zero-order valence-electron chi connectivity index (χ0n) is 11.4. The third-order valence-electron chi connectivity index (χ3n) is 3.70. The lowest BCUT2D eigenvalue weighted by molar-refractivity contribution is 0.227. The molecule has 0 N–H and O–H groups in total. The van der Waals surface area contributed by atoms with Gasteiger partial charge in [-0.05, 0) is 38.3 Å². The molecule has 0 aliphatic heterocycles. The average molecular weight is 302 g/mol. The van der Waals surface area contributed by atoms with Crippen molar-refractivity contribution in [3.8, 4) is 0 Å². The molecular formula is C14H20ClNO2S. The van der Waals surface area contributed by atoms with Gasteiger partial charge < -0.3 is 0 Å². The summed E-state index contributed by atoms with van der Waals surface area (Å²) in [5, 5.41) is 0. The number of rotatable bonds is 5. The molecule has 0 bridgehead atoms. The smallest absolute Gasteiger partial charge is 0.207 e. The van der Waals surface area contributed by atoms with Crippen molar-refractivity contribution in [2.75, 3.05) is 12.4 Å². The molecule has 1 aliphatic carbocycles. The first-order chi connectivity index (χ1) is 8.96. The summed E-state index contributed by atoms with van der Waals surface area (Å²) in [6.07, 6.45) is 2.99. The van der Waals surface area contributed by atoms with E-state index in [1.807, 2.05) is 26.0 Å². The fourth-order valence-electron chi connectivity index (χ4n) is 2.47. The fraction of sp³-hybridized carbons (Fsp3) is 0.571. The summed E-state index contributed by atoms with van der Waals surface area (Å²) in [4.78, 5) is 0.412. The Bertz CT molecular complexity index is 553. The lowest BCUT2D eigenvalue weighted by atomic mass is 9.93. The fourth-order valence-corrected chi connectivity index (χ4v) is 4.65. The van der Waals surface area contributed by atoms with E-state index in [0.717, 1.165) is 30.4 Å². The first kappa shape index (κ1) is 14.8. The zero-order chi connectivity index (χ0) is 14.0. The summed E-state index contributed by atoms with van der Waals surface area (Å²) < 4.78 is 27.1. The van der Waals surface area contributed by atoms with Crippen LogP contribution in [-0.4, -0.2) is 31.2 Å². The molecule has 0 heterocycles. The highest BCUT2D eigenvalue weighted by Gasteiger charge is 2.34. The molecule has 0 unspecified atom stereocenters. The molecule has 0 atom stereocenters. The van der Waals surface area contributed by atoms with Crippen LogP contribution in [0.25, 0.3) is 0 Å². The van der Waals surface area contributed by atoms with Gasteiger partial charge in [0.15, 0.2) is 0 Å². The first-order valence-electron chi connectivity index (χ1n) is 6.62. The van der Waals surface area contributed by atoms with Crippen LogP contribution in [0.1, 0.15) is 30.4 Å². The minimum Gasteiger partial charge on any atom is -0.207 e. The minimum atomic E-state index is -3.42. The van der Waals surface area contributed by atoms with Gasteiger partial charge in [-0.15, -0.1) is 11.6 Å². The van der Waals surface area contributed by atoms with E-state index in [9.17, 15) is 8.42 Å². The zero-order valence-corrected chi connectivity index (χ0v) is 13.0. The van der Waals surface area contributed by atoms with E-state index in [0.29, 0.717) is 17.3 Å². The molecule has 1 aromatic carbocycles. The van der Waals surface area contributed by atoms with E-state index >= 15 is 0 Å². The number of hydrogen-bond donors (Lipinski definition) is 0. The van der Waals surface area contributed by atoms with Gasteiger partial charge in [-0.3, -0.25) is 0 Å². The Morgan fingerprint density at radius 2 is 2.00 bits per heavy atom. The standard InChI is InChI=1S/C14H20ClNO2S/c1-11-6-7-14(12(2)10-11)19(17,18)16(9-8-15)13-4-3-5-13/h6-7,10,13H,3-5,8-9H2,1-2H3. The van der Waals surface area contributed by atoms with E-state index in [1.54, 1.807) is 10.4 Å². The molecule has 1 saturated carbocycles. The molecule has 106 valence electrons. The molecule has 19 heavy (non-hydrogen) atoms. The van der Waals surface area contributed by atoms with Crippen molar-refractivity contribution in [3.05, 3.63) is 29.3 Å². The molecule has 1 fully saturated rings. The van der Waals surface area contributed by atoms with Crippen LogP contribution in [-0.2, 0) is 10.0 Å². The van der Waals surface area contributed by atoms with Gasteiger partial charge in [0.25, 0.3) is 0 Å². The highest BCUT2D eigenvalue weighted by molar-refractivity contribution is 7.89. The van der Waals surface area contributed by atoms with Gasteiger partial charge in [-0.1, -0.05) is 24.1 Å². The van der Waals surface area contributed by atoms with E-state index < -0.39 is 10.0 Å². The molecule has 0 spiro atoms. The van der Waals surface area contributed by atoms with Crippen molar-refractivity contribution >= 4 is 21.6 Å². The van der Waals surface area contributed by atoms with Crippen molar-refractivity contribution in [2.24, 2.45) is 0 Å². The number of sulfonamides is 1. The van der Waals surface area contributed by atoms with E-state index in [1.165, 1.54) is 0 Å². The van der Waals surface area contributed by atoms with E-state index in [2.05, 4.69) is 0 Å². The highest BCUT2D eigenvalue weighted by Crippen LogP contribution is 2.31. The van der Waals surface area contributed by atoms with E-state index in [4.69, 9.17) is 11.6 Å². The summed E-state index contributed by atoms with van der Waals surface area (Å²) in [7, 11) is -3.42. The normalized spacial score (nSPS) is 16.6. The Hall–Kier alpha value is -0.580. The van der Waals surface area contributed by atoms with Gasteiger partial charge in [0.1, 0.15) is 0 Å². The molecular weight excluding hydrogens is 282 g/mol. The van der Waals surface area contributed by atoms with Crippen LogP contribution in [0.15, 0.2) is 23.1 Å². The number of halogens is 1. The second-order valence-electron chi connectivity index (χ2n) is 5.16. The van der Waals surface area contributed by atoms with Gasteiger partial charge in [0.2, 0.25) is 10.0 Å². The van der Waals surface area contributed by atoms with Crippen LogP contribution in [0.4, 0.5) is 0 Å². The van der Waals surface area contributed by atoms with Gasteiger partial charge in [0, 0.05) is 18.5 Å². The van der Waals surface area contributed by atoms with Crippen molar-refractivity contribution in [1.29, 1.82) is 0 Å².